The summed E-state index contributed by atoms with van der Waals surface area (Å²) in [4.78, 5) is 30.0. The predicted molar refractivity (Wildman–Crippen MR) is 113 cm³/mol. The first-order chi connectivity index (χ1) is 13.7. The normalized spacial score (nSPS) is 15.8. The lowest BCUT2D eigenvalue weighted by Gasteiger charge is -2.30. The van der Waals surface area contributed by atoms with Crippen LogP contribution in [0.3, 0.4) is 0 Å². The second kappa shape index (κ2) is 8.59. The third-order valence-electron chi connectivity index (χ3n) is 5.59. The highest BCUT2D eigenvalue weighted by Gasteiger charge is 2.30. The van der Waals surface area contributed by atoms with Crippen LogP contribution in [0.5, 0.6) is 5.75 Å². The SMILES string of the molecule is Cc1cc(C)c(CN2CCc3ccc(O[C@@H](C)[C@H](C)CO)c(Cl)c3C2=O)c(=O)[nH]1. The van der Waals surface area contributed by atoms with Crippen molar-refractivity contribution in [3.8, 4) is 5.75 Å². The molecule has 1 aromatic heterocycles. The Morgan fingerprint density at radius 2 is 2.00 bits per heavy atom. The molecule has 0 saturated carbocycles. The van der Waals surface area contributed by atoms with Crippen LogP contribution >= 0.6 is 11.6 Å². The number of amides is 1. The van der Waals surface area contributed by atoms with Crippen LogP contribution in [0.25, 0.3) is 0 Å². The Labute approximate surface area is 175 Å². The summed E-state index contributed by atoms with van der Waals surface area (Å²) in [5, 5.41) is 9.60. The van der Waals surface area contributed by atoms with E-state index in [-0.39, 0.29) is 41.7 Å². The molecule has 0 radical (unpaired) electrons. The largest absolute Gasteiger partial charge is 0.489 e. The van der Waals surface area contributed by atoms with Crippen LogP contribution in [0.4, 0.5) is 0 Å². The Bertz CT molecular complexity index is 986. The number of rotatable bonds is 6. The number of carbonyl (C=O) groups is 1. The quantitative estimate of drug-likeness (QED) is 0.754. The number of benzene rings is 1. The fourth-order valence-corrected chi connectivity index (χ4v) is 3.84. The summed E-state index contributed by atoms with van der Waals surface area (Å²) in [7, 11) is 0. The van der Waals surface area contributed by atoms with Crippen LogP contribution in [-0.4, -0.2) is 40.2 Å². The molecule has 2 heterocycles. The van der Waals surface area contributed by atoms with Crippen molar-refractivity contribution in [2.24, 2.45) is 5.92 Å². The Hall–Kier alpha value is -2.31. The molecule has 1 aliphatic heterocycles. The molecule has 0 aliphatic carbocycles. The zero-order chi connectivity index (χ0) is 21.3. The van der Waals surface area contributed by atoms with Crippen molar-refractivity contribution in [2.45, 2.75) is 46.8 Å². The number of aliphatic hydroxyl groups is 1. The molecule has 0 bridgehead atoms. The Balaban J connectivity index is 1.89. The number of hydrogen-bond acceptors (Lipinski definition) is 4. The number of aromatic nitrogens is 1. The van der Waals surface area contributed by atoms with Crippen LogP contribution in [0.2, 0.25) is 5.02 Å². The number of hydrogen-bond donors (Lipinski definition) is 2. The van der Waals surface area contributed by atoms with E-state index in [2.05, 4.69) is 4.98 Å². The van der Waals surface area contributed by atoms with E-state index in [0.717, 1.165) is 16.8 Å². The molecule has 29 heavy (non-hydrogen) atoms. The van der Waals surface area contributed by atoms with E-state index in [9.17, 15) is 14.7 Å². The molecule has 0 fully saturated rings. The van der Waals surface area contributed by atoms with E-state index in [1.165, 1.54) is 0 Å². The van der Waals surface area contributed by atoms with Crippen molar-refractivity contribution in [2.75, 3.05) is 13.2 Å². The maximum absolute atomic E-state index is 13.2. The van der Waals surface area contributed by atoms with Gasteiger partial charge in [0.1, 0.15) is 11.9 Å². The van der Waals surface area contributed by atoms with E-state index in [0.29, 0.717) is 29.8 Å². The van der Waals surface area contributed by atoms with Crippen molar-refractivity contribution < 1.29 is 14.6 Å². The first-order valence-electron chi connectivity index (χ1n) is 9.80. The maximum Gasteiger partial charge on any atom is 0.256 e. The zero-order valence-corrected chi connectivity index (χ0v) is 18.0. The molecule has 156 valence electrons. The van der Waals surface area contributed by atoms with Crippen LogP contribution in [0.1, 0.15) is 46.6 Å². The highest BCUT2D eigenvalue weighted by molar-refractivity contribution is 6.35. The average molecular weight is 419 g/mol. The first-order valence-corrected chi connectivity index (χ1v) is 10.2. The molecular weight excluding hydrogens is 392 g/mol. The molecule has 0 saturated heterocycles. The Kier molecular flexibility index (Phi) is 6.34. The molecule has 0 unspecified atom stereocenters. The number of aryl methyl sites for hydroxylation is 2. The highest BCUT2D eigenvalue weighted by atomic mass is 35.5. The summed E-state index contributed by atoms with van der Waals surface area (Å²) >= 11 is 6.56. The van der Waals surface area contributed by atoms with Gasteiger partial charge >= 0.3 is 0 Å². The van der Waals surface area contributed by atoms with Gasteiger partial charge in [-0.2, -0.15) is 0 Å². The van der Waals surface area contributed by atoms with Crippen molar-refractivity contribution in [3.05, 3.63) is 61.5 Å². The number of nitrogens with zero attached hydrogens (tertiary/aromatic N) is 1. The topological polar surface area (TPSA) is 82.6 Å². The molecule has 2 atom stereocenters. The zero-order valence-electron chi connectivity index (χ0n) is 17.2. The second-order valence-corrected chi connectivity index (χ2v) is 8.19. The molecule has 2 aromatic rings. The number of ether oxygens (including phenoxy) is 1. The number of halogens is 1. The summed E-state index contributed by atoms with van der Waals surface area (Å²) in [5.41, 5.74) is 3.38. The molecule has 2 N–H and O–H groups in total. The minimum absolute atomic E-state index is 0.000875. The lowest BCUT2D eigenvalue weighted by atomic mass is 9.97. The van der Waals surface area contributed by atoms with Gasteiger partial charge in [-0.1, -0.05) is 24.6 Å². The molecule has 1 amide bonds. The van der Waals surface area contributed by atoms with Gasteiger partial charge in [-0.3, -0.25) is 9.59 Å². The monoisotopic (exact) mass is 418 g/mol. The average Bonchev–Trinajstić information content (AvgIpc) is 2.67. The van der Waals surface area contributed by atoms with Gasteiger partial charge in [0, 0.05) is 30.3 Å². The van der Waals surface area contributed by atoms with Crippen molar-refractivity contribution >= 4 is 17.5 Å². The van der Waals surface area contributed by atoms with Gasteiger partial charge in [-0.05, 0) is 50.5 Å². The lowest BCUT2D eigenvalue weighted by molar-refractivity contribution is 0.0723. The molecule has 0 spiro atoms. The second-order valence-electron chi connectivity index (χ2n) is 7.81. The number of H-pyrrole nitrogens is 1. The number of aliphatic hydroxyl groups excluding tert-OH is 1. The number of aromatic amines is 1. The summed E-state index contributed by atoms with van der Waals surface area (Å²) in [6.07, 6.45) is 0.408. The fourth-order valence-electron chi connectivity index (χ4n) is 3.53. The minimum atomic E-state index is -0.251. The van der Waals surface area contributed by atoms with Crippen molar-refractivity contribution in [3.63, 3.8) is 0 Å². The van der Waals surface area contributed by atoms with Crippen LogP contribution in [0, 0.1) is 19.8 Å². The Morgan fingerprint density at radius 3 is 2.66 bits per heavy atom. The molecule has 3 rings (SSSR count). The van der Waals surface area contributed by atoms with E-state index in [4.69, 9.17) is 16.3 Å². The molecule has 1 aliphatic rings. The van der Waals surface area contributed by atoms with Crippen molar-refractivity contribution in [1.82, 2.24) is 9.88 Å². The summed E-state index contributed by atoms with van der Waals surface area (Å²) in [6, 6.07) is 5.55. The number of carbonyl (C=O) groups excluding carboxylic acids is 1. The van der Waals surface area contributed by atoms with Gasteiger partial charge in [0.25, 0.3) is 11.5 Å². The minimum Gasteiger partial charge on any atom is -0.489 e. The molecule has 6 nitrogen and oxygen atoms in total. The van der Waals surface area contributed by atoms with Crippen molar-refractivity contribution in [1.29, 1.82) is 0 Å². The smallest absolute Gasteiger partial charge is 0.256 e. The predicted octanol–water partition coefficient (Wildman–Crippen LogP) is 3.24. The van der Waals surface area contributed by atoms with Gasteiger partial charge in [-0.25, -0.2) is 0 Å². The molecular formula is C22H27ClN2O4. The summed E-state index contributed by atoms with van der Waals surface area (Å²) in [6.45, 7) is 8.21. The number of pyridine rings is 1. The standard InChI is InChI=1S/C22H27ClN2O4/c1-12-9-14(3)24-21(27)17(12)10-25-8-7-16-5-6-18(20(23)19(16)22(25)28)29-15(4)13(2)11-26/h5-6,9,13,15,26H,7-8,10-11H2,1-4H3,(H,24,27)/t13-,15+/m1/s1. The summed E-state index contributed by atoms with van der Waals surface area (Å²) in [5.74, 6) is 0.159. The number of nitrogens with one attached hydrogen (secondary N) is 1. The van der Waals surface area contributed by atoms with Crippen LogP contribution in [0.15, 0.2) is 23.0 Å². The third kappa shape index (κ3) is 4.33. The first kappa shape index (κ1) is 21.4. The van der Waals surface area contributed by atoms with E-state index in [1.807, 2.05) is 39.8 Å². The fraction of sp³-hybridized carbons (Fsp3) is 0.455. The molecule has 7 heteroatoms. The maximum atomic E-state index is 13.2. The van der Waals surface area contributed by atoms with Gasteiger partial charge in [0.15, 0.2) is 0 Å². The molecule has 1 aromatic carbocycles. The van der Waals surface area contributed by atoms with Crippen LogP contribution < -0.4 is 10.3 Å². The third-order valence-corrected chi connectivity index (χ3v) is 5.97. The van der Waals surface area contributed by atoms with Gasteiger partial charge in [0.05, 0.1) is 17.1 Å². The lowest BCUT2D eigenvalue weighted by Crippen LogP contribution is -2.39. The van der Waals surface area contributed by atoms with E-state index < -0.39 is 0 Å². The van der Waals surface area contributed by atoms with Gasteiger partial charge in [0.2, 0.25) is 0 Å². The highest BCUT2D eigenvalue weighted by Crippen LogP contribution is 2.35. The summed E-state index contributed by atoms with van der Waals surface area (Å²) < 4.78 is 5.90. The van der Waals surface area contributed by atoms with Gasteiger partial charge < -0.3 is 19.7 Å². The van der Waals surface area contributed by atoms with Crippen LogP contribution in [-0.2, 0) is 13.0 Å². The Morgan fingerprint density at radius 1 is 1.28 bits per heavy atom. The number of fused-ring (bicyclic) bond motifs is 1. The van der Waals surface area contributed by atoms with E-state index >= 15 is 0 Å². The van der Waals surface area contributed by atoms with E-state index in [1.54, 1.807) is 11.0 Å². The van der Waals surface area contributed by atoms with Gasteiger partial charge in [-0.15, -0.1) is 0 Å².